The molecule has 0 aliphatic carbocycles. The Morgan fingerprint density at radius 2 is 0.900 bits per heavy atom. The summed E-state index contributed by atoms with van der Waals surface area (Å²) in [5.41, 5.74) is 0.730. The molecule has 0 bridgehead atoms. The molecule has 0 saturated carbocycles. The molecule has 0 saturated heterocycles. The van der Waals surface area contributed by atoms with Gasteiger partial charge in [-0.1, -0.05) is 83.8 Å². The van der Waals surface area contributed by atoms with Crippen LogP contribution in [-0.2, 0) is 19.7 Å². The molecule has 8 heteroatoms. The van der Waals surface area contributed by atoms with Gasteiger partial charge < -0.3 is 0 Å². The Labute approximate surface area is 196 Å². The van der Waals surface area contributed by atoms with Gasteiger partial charge in [-0.25, -0.2) is 16.8 Å². The minimum atomic E-state index is -3.89. The smallest absolute Gasteiger partial charge is 0.180 e. The average molecular weight is 578 g/mol. The van der Waals surface area contributed by atoms with Crippen molar-refractivity contribution in [1.29, 1.82) is 0 Å². The third-order valence-corrected chi connectivity index (χ3v) is 9.67. The predicted molar refractivity (Wildman–Crippen MR) is 132 cm³/mol. The normalized spacial score (nSPS) is 13.6. The quantitative estimate of drug-likeness (QED) is 0.351. The Morgan fingerprint density at radius 1 is 0.633 bits per heavy atom. The van der Waals surface area contributed by atoms with Crippen molar-refractivity contribution in [3.63, 3.8) is 0 Å². The molecule has 0 aliphatic heterocycles. The van der Waals surface area contributed by atoms with Crippen LogP contribution in [-0.4, -0.2) is 28.3 Å². The van der Waals surface area contributed by atoms with Crippen LogP contribution in [0, 0.1) is 11.8 Å². The van der Waals surface area contributed by atoms with E-state index in [1.54, 1.807) is 76.2 Å². The second-order valence-corrected chi connectivity index (χ2v) is 13.8. The van der Waals surface area contributed by atoms with E-state index in [-0.39, 0.29) is 33.2 Å². The summed E-state index contributed by atoms with van der Waals surface area (Å²) in [5.74, 6) is -0.593. The van der Waals surface area contributed by atoms with E-state index < -0.39 is 19.7 Å². The van der Waals surface area contributed by atoms with Crippen molar-refractivity contribution in [2.75, 3.05) is 11.5 Å². The molecule has 0 aromatic heterocycles. The van der Waals surface area contributed by atoms with Gasteiger partial charge in [-0.2, -0.15) is 0 Å². The molecule has 2 rings (SSSR count). The van der Waals surface area contributed by atoms with Crippen LogP contribution in [0.2, 0.25) is 0 Å². The van der Waals surface area contributed by atoms with E-state index in [1.165, 1.54) is 0 Å². The molecule has 0 unspecified atom stereocenters. The molecule has 0 fully saturated rings. The maximum atomic E-state index is 13.5. The predicted octanol–water partition coefficient (Wildman–Crippen LogP) is 6.18. The molecule has 0 N–H and O–H groups in total. The summed E-state index contributed by atoms with van der Waals surface area (Å²) in [6, 6.07) is 13.4. The maximum Gasteiger partial charge on any atom is 0.180 e. The van der Waals surface area contributed by atoms with Gasteiger partial charge in [0.1, 0.15) is 0 Å². The van der Waals surface area contributed by atoms with Gasteiger partial charge in [0.2, 0.25) is 0 Å². The summed E-state index contributed by atoms with van der Waals surface area (Å²) in [4.78, 5) is -0.265. The minimum Gasteiger partial charge on any atom is -0.224 e. The lowest BCUT2D eigenvalue weighted by molar-refractivity contribution is 0.588. The highest BCUT2D eigenvalue weighted by atomic mass is 79.9. The van der Waals surface area contributed by atoms with E-state index in [0.29, 0.717) is 11.1 Å². The van der Waals surface area contributed by atoms with Crippen LogP contribution in [0.25, 0.3) is 9.81 Å². The zero-order valence-electron chi connectivity index (χ0n) is 17.4. The largest absolute Gasteiger partial charge is 0.224 e. The van der Waals surface area contributed by atoms with Gasteiger partial charge in [0.25, 0.3) is 0 Å². The monoisotopic (exact) mass is 576 g/mol. The van der Waals surface area contributed by atoms with Crippen molar-refractivity contribution >= 4 is 61.3 Å². The summed E-state index contributed by atoms with van der Waals surface area (Å²) in [5, 5.41) is 0. The third kappa shape index (κ3) is 6.52. The molecule has 2 aromatic rings. The first-order valence-corrected chi connectivity index (χ1v) is 14.4. The third-order valence-electron chi connectivity index (χ3n) is 4.15. The SMILES string of the molecule is CC(C)CS(=O)(=O)/C(=C(/c1ccc(Br)cc1)S(=O)(=O)CC(C)C)c1ccc(Br)cc1. The minimum absolute atomic E-state index is 0.133. The molecule has 164 valence electrons. The number of halogens is 2. The number of sulfone groups is 2. The van der Waals surface area contributed by atoms with Crippen LogP contribution in [0.5, 0.6) is 0 Å². The maximum absolute atomic E-state index is 13.5. The summed E-state index contributed by atoms with van der Waals surface area (Å²) in [6.45, 7) is 7.22. The van der Waals surface area contributed by atoms with Crippen LogP contribution < -0.4 is 0 Å². The van der Waals surface area contributed by atoms with E-state index in [1.807, 2.05) is 0 Å². The highest BCUT2D eigenvalue weighted by Gasteiger charge is 2.33. The van der Waals surface area contributed by atoms with Crippen molar-refractivity contribution in [2.45, 2.75) is 27.7 Å². The van der Waals surface area contributed by atoms with E-state index in [2.05, 4.69) is 31.9 Å². The Hall–Kier alpha value is -0.960. The first-order valence-electron chi connectivity index (χ1n) is 9.55. The zero-order valence-corrected chi connectivity index (χ0v) is 22.2. The van der Waals surface area contributed by atoms with E-state index >= 15 is 0 Å². The van der Waals surface area contributed by atoms with Crippen molar-refractivity contribution in [3.8, 4) is 0 Å². The Morgan fingerprint density at radius 3 is 1.13 bits per heavy atom. The molecule has 0 atom stereocenters. The fourth-order valence-electron chi connectivity index (χ4n) is 3.15. The standard InChI is InChI=1S/C22H26Br2O4S2/c1-15(2)13-29(25,26)21(17-5-9-19(23)10-6-17)22(30(27,28)14-16(3)4)18-7-11-20(24)12-8-18/h5-12,15-16H,13-14H2,1-4H3/b22-21-. The van der Waals surface area contributed by atoms with Gasteiger partial charge in [0.15, 0.2) is 19.7 Å². The second kappa shape index (κ2) is 10.1. The van der Waals surface area contributed by atoms with Crippen LogP contribution in [0.3, 0.4) is 0 Å². The first kappa shape index (κ1) is 25.3. The molecule has 0 aliphatic rings. The molecular formula is C22H26Br2O4S2. The Balaban J connectivity index is 3.00. The van der Waals surface area contributed by atoms with Crippen LogP contribution in [0.15, 0.2) is 57.5 Å². The van der Waals surface area contributed by atoms with Crippen LogP contribution in [0.1, 0.15) is 38.8 Å². The lowest BCUT2D eigenvalue weighted by Crippen LogP contribution is -2.20. The highest BCUT2D eigenvalue weighted by Crippen LogP contribution is 2.37. The molecule has 4 nitrogen and oxygen atoms in total. The molecule has 30 heavy (non-hydrogen) atoms. The van der Waals surface area contributed by atoms with Crippen molar-refractivity contribution < 1.29 is 16.8 Å². The van der Waals surface area contributed by atoms with Crippen molar-refractivity contribution in [3.05, 3.63) is 68.6 Å². The number of hydrogen-bond donors (Lipinski definition) is 0. The molecule has 0 amide bonds. The Bertz CT molecular complexity index is 1020. The summed E-state index contributed by atoms with van der Waals surface area (Å²) >= 11 is 6.72. The Kier molecular flexibility index (Phi) is 8.52. The van der Waals surface area contributed by atoms with Crippen LogP contribution >= 0.6 is 31.9 Å². The van der Waals surface area contributed by atoms with Crippen LogP contribution in [0.4, 0.5) is 0 Å². The fraction of sp³-hybridized carbons (Fsp3) is 0.364. The van der Waals surface area contributed by atoms with Crippen molar-refractivity contribution in [1.82, 2.24) is 0 Å². The molecule has 0 spiro atoms. The lowest BCUT2D eigenvalue weighted by atomic mass is 10.1. The van der Waals surface area contributed by atoms with Gasteiger partial charge in [0.05, 0.1) is 21.3 Å². The first-order chi connectivity index (χ1) is 13.8. The number of hydrogen-bond acceptors (Lipinski definition) is 4. The van der Waals surface area contributed by atoms with E-state index in [9.17, 15) is 16.8 Å². The topological polar surface area (TPSA) is 68.3 Å². The van der Waals surface area contributed by atoms with Crippen molar-refractivity contribution in [2.24, 2.45) is 11.8 Å². The molecule has 2 aromatic carbocycles. The van der Waals surface area contributed by atoms with Gasteiger partial charge >= 0.3 is 0 Å². The van der Waals surface area contributed by atoms with Gasteiger partial charge in [0, 0.05) is 8.95 Å². The highest BCUT2D eigenvalue weighted by molar-refractivity contribution is 9.10. The van der Waals surface area contributed by atoms with Gasteiger partial charge in [-0.15, -0.1) is 0 Å². The summed E-state index contributed by atoms with van der Waals surface area (Å²) in [7, 11) is -7.78. The average Bonchev–Trinajstić information content (AvgIpc) is 2.59. The summed E-state index contributed by atoms with van der Waals surface area (Å²) < 4.78 is 55.5. The fourth-order valence-corrected chi connectivity index (χ4v) is 8.32. The van der Waals surface area contributed by atoms with E-state index in [0.717, 1.165) is 8.95 Å². The summed E-state index contributed by atoms with van der Waals surface area (Å²) in [6.07, 6.45) is 0. The van der Waals surface area contributed by atoms with Gasteiger partial charge in [-0.3, -0.25) is 0 Å². The zero-order chi connectivity index (χ0) is 22.7. The van der Waals surface area contributed by atoms with E-state index in [4.69, 9.17) is 0 Å². The molecular weight excluding hydrogens is 552 g/mol. The number of benzene rings is 2. The molecule has 0 heterocycles. The van der Waals surface area contributed by atoms with Gasteiger partial charge in [-0.05, 0) is 47.2 Å². The number of rotatable bonds is 8. The molecule has 0 radical (unpaired) electrons. The second-order valence-electron chi connectivity index (χ2n) is 8.02. The lowest BCUT2D eigenvalue weighted by Gasteiger charge is -2.19.